The fourth-order valence-electron chi connectivity index (χ4n) is 2.67. The monoisotopic (exact) mass is 394 g/mol. The maximum atomic E-state index is 13.3. The average Bonchev–Trinajstić information content (AvgIpc) is 3.39. The molecule has 3 aromatic heterocycles. The summed E-state index contributed by atoms with van der Waals surface area (Å²) in [5, 5.41) is 7.56. The molecular weight excluding hydrogens is 379 g/mol. The van der Waals surface area contributed by atoms with Crippen LogP contribution in [0.15, 0.2) is 72.4 Å². The first-order valence-electron chi connectivity index (χ1n) is 8.31. The van der Waals surface area contributed by atoms with Gasteiger partial charge in [-0.1, -0.05) is 11.8 Å². The van der Waals surface area contributed by atoms with E-state index in [1.165, 1.54) is 30.1 Å². The second-order valence-corrected chi connectivity index (χ2v) is 6.53. The first kappa shape index (κ1) is 17.9. The third-order valence-corrected chi connectivity index (χ3v) is 4.63. The van der Waals surface area contributed by atoms with Crippen molar-refractivity contribution in [3.05, 3.63) is 78.8 Å². The van der Waals surface area contributed by atoms with E-state index in [9.17, 15) is 9.18 Å². The Kier molecular flexibility index (Phi) is 4.90. The summed E-state index contributed by atoms with van der Waals surface area (Å²) in [6.07, 6.45) is 8.37. The minimum absolute atomic E-state index is 0.340. The Morgan fingerprint density at radius 3 is 2.57 bits per heavy atom. The molecule has 0 saturated carbocycles. The van der Waals surface area contributed by atoms with Gasteiger partial charge in [0.1, 0.15) is 11.5 Å². The van der Waals surface area contributed by atoms with Gasteiger partial charge < -0.3 is 5.32 Å². The van der Waals surface area contributed by atoms with Crippen LogP contribution in [0.25, 0.3) is 11.5 Å². The Labute approximate surface area is 164 Å². The number of benzene rings is 1. The summed E-state index contributed by atoms with van der Waals surface area (Å²) in [4.78, 5) is 21.4. The van der Waals surface area contributed by atoms with Gasteiger partial charge >= 0.3 is 0 Å². The second kappa shape index (κ2) is 7.65. The molecular formula is C19H15FN6OS. The van der Waals surface area contributed by atoms with Crippen LogP contribution in [0.4, 0.5) is 10.1 Å². The zero-order chi connectivity index (χ0) is 19.5. The molecule has 0 bridgehead atoms. The number of rotatable bonds is 5. The summed E-state index contributed by atoms with van der Waals surface area (Å²) in [7, 11) is 0. The van der Waals surface area contributed by atoms with Gasteiger partial charge in [0.15, 0.2) is 11.0 Å². The van der Waals surface area contributed by atoms with E-state index in [2.05, 4.69) is 20.4 Å². The van der Waals surface area contributed by atoms with Gasteiger partial charge in [0, 0.05) is 18.1 Å². The fraction of sp³-hybridized carbons (Fsp3) is 0.0526. The molecule has 0 aliphatic carbocycles. The number of halogens is 1. The molecule has 0 aliphatic heterocycles. The molecule has 1 aromatic carbocycles. The van der Waals surface area contributed by atoms with Crippen LogP contribution in [0.1, 0.15) is 10.5 Å². The number of hydrogen-bond acceptors (Lipinski definition) is 5. The first-order chi connectivity index (χ1) is 13.7. The highest BCUT2D eigenvalue weighted by atomic mass is 32.2. The van der Waals surface area contributed by atoms with Crippen molar-refractivity contribution >= 4 is 23.4 Å². The third-order valence-electron chi connectivity index (χ3n) is 3.97. The van der Waals surface area contributed by atoms with Gasteiger partial charge in [0.25, 0.3) is 5.91 Å². The molecule has 0 unspecified atom stereocenters. The number of imidazole rings is 1. The number of carbonyl (C=O) groups is 1. The fourth-order valence-corrected chi connectivity index (χ4v) is 3.22. The zero-order valence-electron chi connectivity index (χ0n) is 14.8. The Morgan fingerprint density at radius 1 is 1.11 bits per heavy atom. The lowest BCUT2D eigenvalue weighted by Crippen LogP contribution is -2.17. The molecule has 1 amide bonds. The largest absolute Gasteiger partial charge is 0.319 e. The molecule has 4 rings (SSSR count). The van der Waals surface area contributed by atoms with E-state index in [1.54, 1.807) is 58.2 Å². The molecule has 0 atom stereocenters. The molecule has 0 saturated heterocycles. The Hall–Kier alpha value is -3.46. The molecule has 140 valence electrons. The van der Waals surface area contributed by atoms with Crippen LogP contribution in [0, 0.1) is 5.82 Å². The highest BCUT2D eigenvalue weighted by Crippen LogP contribution is 2.23. The number of anilines is 1. The van der Waals surface area contributed by atoms with Crippen LogP contribution in [0.5, 0.6) is 0 Å². The van der Waals surface area contributed by atoms with Gasteiger partial charge in [-0.15, -0.1) is 0 Å². The van der Waals surface area contributed by atoms with Crippen LogP contribution >= 0.6 is 11.8 Å². The lowest BCUT2D eigenvalue weighted by Gasteiger charge is -2.11. The number of aromatic nitrogens is 5. The Morgan fingerprint density at radius 2 is 1.93 bits per heavy atom. The number of thioether (sulfide) groups is 1. The molecule has 9 heteroatoms. The van der Waals surface area contributed by atoms with Crippen molar-refractivity contribution in [2.75, 3.05) is 11.6 Å². The molecule has 0 spiro atoms. The van der Waals surface area contributed by atoms with Crippen LogP contribution in [-0.4, -0.2) is 36.5 Å². The van der Waals surface area contributed by atoms with Crippen LogP contribution in [0.3, 0.4) is 0 Å². The molecule has 4 aromatic rings. The smallest absolute Gasteiger partial charge is 0.274 e. The predicted molar refractivity (Wildman–Crippen MR) is 105 cm³/mol. The van der Waals surface area contributed by atoms with Crippen LogP contribution in [-0.2, 0) is 0 Å². The van der Waals surface area contributed by atoms with Gasteiger partial charge in [-0.2, -0.15) is 5.10 Å². The number of pyridine rings is 1. The molecule has 1 N–H and O–H groups in total. The number of hydrogen-bond donors (Lipinski definition) is 1. The number of carbonyl (C=O) groups excluding carboxylic acids is 1. The van der Waals surface area contributed by atoms with Gasteiger partial charge in [0.2, 0.25) is 0 Å². The van der Waals surface area contributed by atoms with E-state index >= 15 is 0 Å². The van der Waals surface area contributed by atoms with E-state index in [-0.39, 0.29) is 11.7 Å². The summed E-state index contributed by atoms with van der Waals surface area (Å²) >= 11 is 1.40. The van der Waals surface area contributed by atoms with E-state index in [0.29, 0.717) is 28.0 Å². The SMILES string of the molecule is CSc1ncc(C(=O)Nc2ccc(-n3cccn3)nc2)n1-c1ccc(F)cc1. The summed E-state index contributed by atoms with van der Waals surface area (Å²) in [6.45, 7) is 0. The van der Waals surface area contributed by atoms with Crippen molar-refractivity contribution in [3.63, 3.8) is 0 Å². The highest BCUT2D eigenvalue weighted by molar-refractivity contribution is 7.98. The number of nitrogens with one attached hydrogen (secondary N) is 1. The van der Waals surface area contributed by atoms with Crippen molar-refractivity contribution < 1.29 is 9.18 Å². The maximum absolute atomic E-state index is 13.3. The van der Waals surface area contributed by atoms with Gasteiger partial charge in [-0.25, -0.2) is 19.0 Å². The number of amides is 1. The zero-order valence-corrected chi connectivity index (χ0v) is 15.6. The molecule has 28 heavy (non-hydrogen) atoms. The summed E-state index contributed by atoms with van der Waals surface area (Å²) in [5.74, 6) is -0.0429. The standard InChI is InChI=1S/C19H15FN6OS/c1-28-19-22-12-16(26(19)15-6-3-13(20)4-7-15)18(27)24-14-5-8-17(21-11-14)25-10-2-9-23-25/h2-12H,1H3,(H,24,27). The lowest BCUT2D eigenvalue weighted by molar-refractivity contribution is 0.102. The van der Waals surface area contributed by atoms with Gasteiger partial charge in [-0.05, 0) is 48.7 Å². The normalized spacial score (nSPS) is 10.8. The first-order valence-corrected chi connectivity index (χ1v) is 9.53. The van der Waals surface area contributed by atoms with Crippen LogP contribution < -0.4 is 5.32 Å². The van der Waals surface area contributed by atoms with Crippen molar-refractivity contribution in [2.45, 2.75) is 5.16 Å². The topological polar surface area (TPSA) is 77.6 Å². The average molecular weight is 394 g/mol. The minimum atomic E-state index is -0.344. The van der Waals surface area contributed by atoms with Crippen molar-refractivity contribution in [1.82, 2.24) is 24.3 Å². The van der Waals surface area contributed by atoms with E-state index in [0.717, 1.165) is 0 Å². The highest BCUT2D eigenvalue weighted by Gasteiger charge is 2.18. The minimum Gasteiger partial charge on any atom is -0.319 e. The lowest BCUT2D eigenvalue weighted by atomic mass is 10.3. The predicted octanol–water partition coefficient (Wildman–Crippen LogP) is 3.57. The third kappa shape index (κ3) is 3.52. The molecule has 0 fully saturated rings. The van der Waals surface area contributed by atoms with Crippen LogP contribution in [0.2, 0.25) is 0 Å². The van der Waals surface area contributed by atoms with E-state index < -0.39 is 0 Å². The van der Waals surface area contributed by atoms with E-state index in [1.807, 2.05) is 6.26 Å². The molecule has 7 nitrogen and oxygen atoms in total. The molecule has 3 heterocycles. The molecule has 0 aliphatic rings. The Balaban J connectivity index is 1.60. The van der Waals surface area contributed by atoms with Crippen molar-refractivity contribution in [2.24, 2.45) is 0 Å². The maximum Gasteiger partial charge on any atom is 0.274 e. The molecule has 0 radical (unpaired) electrons. The van der Waals surface area contributed by atoms with Gasteiger partial charge in [-0.3, -0.25) is 9.36 Å². The summed E-state index contributed by atoms with van der Waals surface area (Å²) in [5.41, 5.74) is 1.53. The number of nitrogens with zero attached hydrogens (tertiary/aromatic N) is 5. The quantitative estimate of drug-likeness (QED) is 0.524. The summed E-state index contributed by atoms with van der Waals surface area (Å²) < 4.78 is 16.6. The summed E-state index contributed by atoms with van der Waals surface area (Å²) in [6, 6.07) is 11.2. The Bertz CT molecular complexity index is 1090. The second-order valence-electron chi connectivity index (χ2n) is 5.75. The van der Waals surface area contributed by atoms with Crippen molar-refractivity contribution in [3.8, 4) is 11.5 Å². The van der Waals surface area contributed by atoms with Crippen molar-refractivity contribution in [1.29, 1.82) is 0 Å². The van der Waals surface area contributed by atoms with Gasteiger partial charge in [0.05, 0.1) is 18.1 Å². The van der Waals surface area contributed by atoms with E-state index in [4.69, 9.17) is 0 Å².